The molecule has 0 saturated carbocycles. The average Bonchev–Trinajstić information content (AvgIpc) is 2.86. The van der Waals surface area contributed by atoms with Gasteiger partial charge in [-0.15, -0.1) is 0 Å². The van der Waals surface area contributed by atoms with Crippen molar-refractivity contribution in [3.8, 4) is 5.75 Å². The van der Waals surface area contributed by atoms with Crippen LogP contribution in [0, 0.1) is 36.1 Å². The summed E-state index contributed by atoms with van der Waals surface area (Å²) in [6.07, 6.45) is -1.64. The molecule has 9 nitrogen and oxygen atoms in total. The number of carboxylic acids is 1. The molecular weight excluding hydrogens is 516 g/mol. The smallest absolute Gasteiger partial charge is 0.303 e. The van der Waals surface area contributed by atoms with Gasteiger partial charge < -0.3 is 20.5 Å². The first-order valence-electron chi connectivity index (χ1n) is 11.2. The van der Waals surface area contributed by atoms with Gasteiger partial charge in [0.2, 0.25) is 23.3 Å². The molecule has 2 aromatic carbocycles. The summed E-state index contributed by atoms with van der Waals surface area (Å²) in [4.78, 5) is 60.5. The van der Waals surface area contributed by atoms with E-state index in [1.54, 1.807) is 24.3 Å². The minimum Gasteiger partial charge on any atom is -0.481 e. The number of benzene rings is 2. The summed E-state index contributed by atoms with van der Waals surface area (Å²) in [6, 6.07) is 4.96. The number of amides is 2. The molecule has 2 atom stereocenters. The molecule has 0 aliphatic heterocycles. The number of ketones is 2. The van der Waals surface area contributed by atoms with Gasteiger partial charge in [0.05, 0.1) is 6.04 Å². The minimum absolute atomic E-state index is 0.0566. The van der Waals surface area contributed by atoms with Crippen LogP contribution in [0.4, 0.5) is 23.2 Å². The van der Waals surface area contributed by atoms with Gasteiger partial charge in [-0.3, -0.25) is 24.0 Å². The highest BCUT2D eigenvalue weighted by atomic mass is 19.2. The molecule has 0 radical (unpaired) electrons. The molecule has 0 saturated heterocycles. The lowest BCUT2D eigenvalue weighted by Gasteiger charge is -2.20. The van der Waals surface area contributed by atoms with E-state index in [-0.39, 0.29) is 6.07 Å². The van der Waals surface area contributed by atoms with Gasteiger partial charge in [0.25, 0.3) is 5.91 Å². The Morgan fingerprint density at radius 2 is 1.55 bits per heavy atom. The van der Waals surface area contributed by atoms with Crippen LogP contribution in [-0.4, -0.2) is 47.1 Å². The number of carboxylic acid groups (broad SMARTS) is 1. The van der Waals surface area contributed by atoms with E-state index >= 15 is 0 Å². The summed E-state index contributed by atoms with van der Waals surface area (Å²) < 4.78 is 58.8. The topological polar surface area (TPSA) is 139 Å². The number of aryl methyl sites for hydroxylation is 1. The molecule has 0 aliphatic rings. The molecular formula is C25H24F4N2O7. The zero-order valence-electron chi connectivity index (χ0n) is 20.3. The van der Waals surface area contributed by atoms with Crippen LogP contribution >= 0.6 is 0 Å². The van der Waals surface area contributed by atoms with Crippen LogP contribution in [0.15, 0.2) is 30.3 Å². The third-order valence-electron chi connectivity index (χ3n) is 5.28. The van der Waals surface area contributed by atoms with E-state index in [0.717, 1.165) is 5.56 Å². The van der Waals surface area contributed by atoms with Crippen LogP contribution in [0.5, 0.6) is 5.75 Å². The summed E-state index contributed by atoms with van der Waals surface area (Å²) in [5, 5.41) is 13.5. The Balaban J connectivity index is 2.03. The number of Topliss-reactive ketones (excluding diaryl/α,β-unsaturated/α-hetero) is 2. The highest BCUT2D eigenvalue weighted by Gasteiger charge is 2.28. The lowest BCUT2D eigenvalue weighted by molar-refractivity contribution is -0.139. The van der Waals surface area contributed by atoms with E-state index in [9.17, 15) is 41.5 Å². The number of hydrogen-bond donors (Lipinski definition) is 3. The van der Waals surface area contributed by atoms with Crippen LogP contribution in [0.1, 0.15) is 31.7 Å². The van der Waals surface area contributed by atoms with Crippen LogP contribution in [0.25, 0.3) is 0 Å². The standard InChI is InChI=1S/C25H24F4N2O7/c1-12-3-5-14(6-4-12)30-25(37)18(32)9-13(2)24(36)31-17(7-8-20(34)35)19(33)11-38-23-21(28)15(26)10-16(27)22(23)29/h3-6,10,13,17H,7-9,11H2,1-2H3,(H,30,37)(H,31,36)(H,34,35)/t13-,17+/m1/s1. The number of anilines is 1. The molecule has 2 rings (SSSR count). The quantitative estimate of drug-likeness (QED) is 0.202. The Hall–Kier alpha value is -4.29. The summed E-state index contributed by atoms with van der Waals surface area (Å²) in [7, 11) is 0. The predicted molar refractivity (Wildman–Crippen MR) is 124 cm³/mol. The molecule has 0 fully saturated rings. The molecule has 0 aliphatic carbocycles. The third kappa shape index (κ3) is 8.39. The van der Waals surface area contributed by atoms with Gasteiger partial charge in [-0.1, -0.05) is 24.6 Å². The highest BCUT2D eigenvalue weighted by Crippen LogP contribution is 2.26. The van der Waals surface area contributed by atoms with Crippen molar-refractivity contribution < 1.29 is 51.4 Å². The van der Waals surface area contributed by atoms with Crippen molar-refractivity contribution in [1.82, 2.24) is 5.32 Å². The second-order valence-corrected chi connectivity index (χ2v) is 8.39. The fourth-order valence-electron chi connectivity index (χ4n) is 3.12. The number of rotatable bonds is 13. The first-order chi connectivity index (χ1) is 17.8. The largest absolute Gasteiger partial charge is 0.481 e. The Kier molecular flexibility index (Phi) is 10.5. The number of aliphatic carboxylic acids is 1. The van der Waals surface area contributed by atoms with Crippen molar-refractivity contribution in [2.45, 2.75) is 39.2 Å². The zero-order chi connectivity index (χ0) is 28.6. The summed E-state index contributed by atoms with van der Waals surface area (Å²) in [6.45, 7) is 1.94. The maximum absolute atomic E-state index is 13.8. The second kappa shape index (κ2) is 13.3. The first-order valence-corrected chi connectivity index (χ1v) is 11.2. The molecule has 0 unspecified atom stereocenters. The van der Waals surface area contributed by atoms with Gasteiger partial charge in [0.1, 0.15) is 6.61 Å². The fraction of sp³-hybridized carbons (Fsp3) is 0.320. The molecule has 0 bridgehead atoms. The number of halogens is 4. The number of nitrogens with one attached hydrogen (secondary N) is 2. The Morgan fingerprint density at radius 1 is 0.974 bits per heavy atom. The van der Waals surface area contributed by atoms with Crippen LogP contribution in [0.3, 0.4) is 0 Å². The monoisotopic (exact) mass is 540 g/mol. The van der Waals surface area contributed by atoms with Crippen molar-refractivity contribution in [3.63, 3.8) is 0 Å². The lowest BCUT2D eigenvalue weighted by Crippen LogP contribution is -2.45. The number of hydrogen-bond acceptors (Lipinski definition) is 6. The van der Waals surface area contributed by atoms with Crippen molar-refractivity contribution in [2.24, 2.45) is 5.92 Å². The van der Waals surface area contributed by atoms with Crippen molar-refractivity contribution >= 4 is 35.0 Å². The summed E-state index contributed by atoms with van der Waals surface area (Å²) >= 11 is 0. The Morgan fingerprint density at radius 3 is 2.11 bits per heavy atom. The molecule has 0 aromatic heterocycles. The lowest BCUT2D eigenvalue weighted by atomic mass is 10.0. The molecule has 2 amide bonds. The van der Waals surface area contributed by atoms with Crippen LogP contribution in [-0.2, 0) is 24.0 Å². The number of ether oxygens (including phenoxy) is 1. The number of carbonyl (C=O) groups is 5. The first kappa shape index (κ1) is 29.9. The zero-order valence-corrected chi connectivity index (χ0v) is 20.3. The van der Waals surface area contributed by atoms with E-state index in [1.165, 1.54) is 6.92 Å². The normalized spacial score (nSPS) is 12.3. The van der Waals surface area contributed by atoms with Gasteiger partial charge in [0, 0.05) is 30.5 Å². The summed E-state index contributed by atoms with van der Waals surface area (Å²) in [5.41, 5.74) is 1.28. The Bertz CT molecular complexity index is 1210. The fourth-order valence-corrected chi connectivity index (χ4v) is 3.12. The number of carbonyl (C=O) groups excluding carboxylic acids is 4. The maximum Gasteiger partial charge on any atom is 0.303 e. The molecule has 2 aromatic rings. The van der Waals surface area contributed by atoms with Crippen molar-refractivity contribution in [3.05, 3.63) is 59.2 Å². The second-order valence-electron chi connectivity index (χ2n) is 8.39. The molecule has 204 valence electrons. The molecule has 13 heteroatoms. The van der Waals surface area contributed by atoms with Gasteiger partial charge in [-0.05, 0) is 25.5 Å². The minimum atomic E-state index is -1.89. The van der Waals surface area contributed by atoms with E-state index in [1.807, 2.05) is 6.92 Å². The molecule has 3 N–H and O–H groups in total. The average molecular weight is 540 g/mol. The molecule has 0 heterocycles. The highest BCUT2D eigenvalue weighted by molar-refractivity contribution is 6.40. The van der Waals surface area contributed by atoms with Gasteiger partial charge >= 0.3 is 5.97 Å². The van der Waals surface area contributed by atoms with Crippen molar-refractivity contribution in [1.29, 1.82) is 0 Å². The Labute approximate surface area is 214 Å². The SMILES string of the molecule is Cc1ccc(NC(=O)C(=O)C[C@@H](C)C(=O)N[C@@H](CCC(=O)O)C(=O)COc2c(F)c(F)cc(F)c2F)cc1. The van der Waals surface area contributed by atoms with E-state index in [0.29, 0.717) is 5.69 Å². The summed E-state index contributed by atoms with van der Waals surface area (Å²) in [5.74, 6) is -15.2. The van der Waals surface area contributed by atoms with Crippen LogP contribution in [0.2, 0.25) is 0 Å². The van der Waals surface area contributed by atoms with Crippen LogP contribution < -0.4 is 15.4 Å². The third-order valence-corrected chi connectivity index (χ3v) is 5.28. The predicted octanol–water partition coefficient (Wildman–Crippen LogP) is 3.08. The van der Waals surface area contributed by atoms with E-state index in [4.69, 9.17) is 5.11 Å². The van der Waals surface area contributed by atoms with Gasteiger partial charge in [-0.2, -0.15) is 8.78 Å². The maximum atomic E-state index is 13.8. The molecule has 0 spiro atoms. The van der Waals surface area contributed by atoms with E-state index < -0.39 is 96.2 Å². The van der Waals surface area contributed by atoms with Crippen molar-refractivity contribution in [2.75, 3.05) is 11.9 Å². The van der Waals surface area contributed by atoms with Gasteiger partial charge in [0.15, 0.2) is 23.2 Å². The van der Waals surface area contributed by atoms with Gasteiger partial charge in [-0.25, -0.2) is 8.78 Å². The van der Waals surface area contributed by atoms with E-state index in [2.05, 4.69) is 15.4 Å². The molecule has 38 heavy (non-hydrogen) atoms.